The molecular weight excluding hydrogens is 486 g/mol. The molecular formula is C34H39NO4. The van der Waals surface area contributed by atoms with Crippen LogP contribution in [0.1, 0.15) is 94.2 Å². The number of hydrogen-bond acceptors (Lipinski definition) is 4. The number of anilines is 1. The van der Waals surface area contributed by atoms with Gasteiger partial charge in [0.05, 0.1) is 18.7 Å². The summed E-state index contributed by atoms with van der Waals surface area (Å²) in [7, 11) is 1.61. The molecule has 1 aliphatic heterocycles. The van der Waals surface area contributed by atoms with Crippen molar-refractivity contribution in [2.24, 2.45) is 0 Å². The molecule has 3 aromatic carbocycles. The highest BCUT2D eigenvalue weighted by molar-refractivity contribution is 6.51. The van der Waals surface area contributed by atoms with E-state index < -0.39 is 17.7 Å². The van der Waals surface area contributed by atoms with Gasteiger partial charge in [-0.1, -0.05) is 84.9 Å². The van der Waals surface area contributed by atoms with Crippen LogP contribution in [0.5, 0.6) is 5.75 Å². The second-order valence-corrected chi connectivity index (χ2v) is 11.9. The summed E-state index contributed by atoms with van der Waals surface area (Å²) in [6.45, 7) is 14.6. The van der Waals surface area contributed by atoms with Crippen molar-refractivity contribution in [3.63, 3.8) is 0 Å². The van der Waals surface area contributed by atoms with Crippen LogP contribution in [-0.4, -0.2) is 23.9 Å². The lowest BCUT2D eigenvalue weighted by atomic mass is 9.84. The number of rotatable bonds is 6. The zero-order valence-corrected chi connectivity index (χ0v) is 24.2. The van der Waals surface area contributed by atoms with Gasteiger partial charge in [0.1, 0.15) is 11.5 Å². The largest absolute Gasteiger partial charge is 0.507 e. The van der Waals surface area contributed by atoms with Crippen LogP contribution < -0.4 is 9.64 Å². The fourth-order valence-electron chi connectivity index (χ4n) is 5.09. The average molecular weight is 526 g/mol. The van der Waals surface area contributed by atoms with E-state index in [1.54, 1.807) is 19.2 Å². The second-order valence-electron chi connectivity index (χ2n) is 11.9. The Hall–Kier alpha value is -3.86. The van der Waals surface area contributed by atoms with Gasteiger partial charge < -0.3 is 9.84 Å². The molecule has 0 aromatic heterocycles. The number of benzene rings is 3. The maximum atomic E-state index is 13.6. The highest BCUT2D eigenvalue weighted by atomic mass is 16.5. The predicted molar refractivity (Wildman–Crippen MR) is 158 cm³/mol. The molecule has 0 spiro atoms. The van der Waals surface area contributed by atoms with Gasteiger partial charge in [0.15, 0.2) is 0 Å². The number of carbonyl (C=O) groups is 2. The highest BCUT2D eigenvalue weighted by Gasteiger charge is 2.47. The number of carbonyl (C=O) groups excluding carboxylic acids is 2. The number of aliphatic hydroxyl groups excluding tert-OH is 1. The number of ketones is 1. The van der Waals surface area contributed by atoms with E-state index in [-0.39, 0.29) is 16.7 Å². The first-order valence-corrected chi connectivity index (χ1v) is 13.5. The summed E-state index contributed by atoms with van der Waals surface area (Å²) in [5.74, 6) is -0.181. The fourth-order valence-corrected chi connectivity index (χ4v) is 5.09. The minimum Gasteiger partial charge on any atom is -0.507 e. The zero-order valence-electron chi connectivity index (χ0n) is 24.2. The van der Waals surface area contributed by atoms with Crippen LogP contribution in [-0.2, 0) is 15.0 Å². The minimum atomic E-state index is -0.767. The van der Waals surface area contributed by atoms with Gasteiger partial charge in [0.25, 0.3) is 11.7 Å². The fraction of sp³-hybridized carbons (Fsp3) is 0.353. The third kappa shape index (κ3) is 5.36. The number of hydrogen-bond donors (Lipinski definition) is 1. The second kappa shape index (κ2) is 10.7. The van der Waals surface area contributed by atoms with Crippen LogP contribution in [0.4, 0.5) is 5.69 Å². The Kier molecular flexibility index (Phi) is 7.74. The Labute approximate surface area is 232 Å². The van der Waals surface area contributed by atoms with Crippen LogP contribution in [0.15, 0.2) is 72.3 Å². The molecule has 1 aliphatic rings. The van der Waals surface area contributed by atoms with Gasteiger partial charge in [-0.2, -0.15) is 0 Å². The molecule has 1 heterocycles. The van der Waals surface area contributed by atoms with E-state index in [0.29, 0.717) is 28.8 Å². The first kappa shape index (κ1) is 28.2. The Morgan fingerprint density at radius 3 is 1.87 bits per heavy atom. The van der Waals surface area contributed by atoms with Crippen LogP contribution in [0.3, 0.4) is 0 Å². The molecule has 0 aliphatic carbocycles. The molecule has 1 unspecified atom stereocenters. The Balaban J connectivity index is 1.93. The first-order valence-electron chi connectivity index (χ1n) is 13.5. The van der Waals surface area contributed by atoms with Crippen molar-refractivity contribution in [3.05, 3.63) is 100 Å². The number of nitrogens with zero attached hydrogens (tertiary/aromatic N) is 1. The van der Waals surface area contributed by atoms with Crippen molar-refractivity contribution in [1.29, 1.82) is 0 Å². The third-order valence-corrected chi connectivity index (χ3v) is 7.48. The molecule has 1 N–H and O–H groups in total. The quantitative estimate of drug-likeness (QED) is 0.202. The van der Waals surface area contributed by atoms with Crippen molar-refractivity contribution >= 4 is 23.1 Å². The van der Waals surface area contributed by atoms with Crippen LogP contribution in [0, 0.1) is 0 Å². The lowest BCUT2D eigenvalue weighted by Gasteiger charge is -2.26. The van der Waals surface area contributed by atoms with Crippen molar-refractivity contribution in [2.75, 3.05) is 12.0 Å². The van der Waals surface area contributed by atoms with Crippen molar-refractivity contribution < 1.29 is 19.4 Å². The van der Waals surface area contributed by atoms with Crippen LogP contribution >= 0.6 is 0 Å². The van der Waals surface area contributed by atoms with E-state index in [9.17, 15) is 14.7 Å². The summed E-state index contributed by atoms with van der Waals surface area (Å²) >= 11 is 0. The minimum absolute atomic E-state index is 0.0789. The Morgan fingerprint density at radius 2 is 1.38 bits per heavy atom. The number of amides is 1. The molecule has 1 atom stereocenters. The molecule has 0 saturated carbocycles. The summed E-state index contributed by atoms with van der Waals surface area (Å²) < 4.78 is 5.57. The van der Waals surface area contributed by atoms with Gasteiger partial charge in [-0.05, 0) is 64.3 Å². The molecule has 1 fully saturated rings. The molecule has 5 heteroatoms. The lowest BCUT2D eigenvalue weighted by molar-refractivity contribution is -0.132. The molecule has 3 aromatic rings. The SMILES string of the molecule is COc1ccc(/C(O)=C2/C(=O)C(=O)N(c3ccc(C(C)C)cc3)C2c2ccc(C(C)C)cc2)cc1C(C)(C)C. The maximum Gasteiger partial charge on any atom is 0.300 e. The van der Waals surface area contributed by atoms with Crippen molar-refractivity contribution in [1.82, 2.24) is 0 Å². The standard InChI is InChI=1S/C34H39NO4/c1-20(2)22-9-11-24(12-10-22)30-29(31(36)25-15-18-28(39-8)27(19-25)34(5,6)7)32(37)33(38)35(30)26-16-13-23(14-17-26)21(3)4/h9-21,30,36H,1-8H3/b31-29-. The smallest absolute Gasteiger partial charge is 0.300 e. The van der Waals surface area contributed by atoms with E-state index in [2.05, 4.69) is 48.5 Å². The summed E-state index contributed by atoms with van der Waals surface area (Å²) in [6, 6.07) is 20.3. The number of ether oxygens (including phenoxy) is 1. The van der Waals surface area contributed by atoms with Gasteiger partial charge in [0.2, 0.25) is 0 Å². The third-order valence-electron chi connectivity index (χ3n) is 7.48. The summed E-state index contributed by atoms with van der Waals surface area (Å²) in [5.41, 5.74) is 4.85. The predicted octanol–water partition coefficient (Wildman–Crippen LogP) is 7.87. The van der Waals surface area contributed by atoms with E-state index in [0.717, 1.165) is 22.3 Å². The summed E-state index contributed by atoms with van der Waals surface area (Å²) in [6.07, 6.45) is 0. The summed E-state index contributed by atoms with van der Waals surface area (Å²) in [4.78, 5) is 28.7. The number of aliphatic hydroxyl groups is 1. The van der Waals surface area contributed by atoms with Gasteiger partial charge in [-0.15, -0.1) is 0 Å². The molecule has 0 bridgehead atoms. The lowest BCUT2D eigenvalue weighted by Crippen LogP contribution is -2.29. The molecule has 5 nitrogen and oxygen atoms in total. The molecule has 0 radical (unpaired) electrons. The molecule has 1 amide bonds. The normalized spacial score (nSPS) is 17.4. The monoisotopic (exact) mass is 525 g/mol. The molecule has 1 saturated heterocycles. The summed E-state index contributed by atoms with van der Waals surface area (Å²) in [5, 5.41) is 11.7. The van der Waals surface area contributed by atoms with Gasteiger partial charge in [-0.25, -0.2) is 0 Å². The average Bonchev–Trinajstić information content (AvgIpc) is 3.17. The van der Waals surface area contributed by atoms with Crippen LogP contribution in [0.2, 0.25) is 0 Å². The van der Waals surface area contributed by atoms with E-state index >= 15 is 0 Å². The van der Waals surface area contributed by atoms with Gasteiger partial charge in [-0.3, -0.25) is 14.5 Å². The van der Waals surface area contributed by atoms with E-state index in [1.165, 1.54) is 4.90 Å². The van der Waals surface area contributed by atoms with Gasteiger partial charge >= 0.3 is 0 Å². The van der Waals surface area contributed by atoms with Crippen LogP contribution in [0.25, 0.3) is 5.76 Å². The van der Waals surface area contributed by atoms with E-state index in [1.807, 2.05) is 54.6 Å². The first-order chi connectivity index (χ1) is 18.3. The maximum absolute atomic E-state index is 13.6. The Morgan fingerprint density at radius 1 is 0.846 bits per heavy atom. The molecule has 4 rings (SSSR count). The molecule has 39 heavy (non-hydrogen) atoms. The number of Topliss-reactive ketones (excluding diaryl/α,β-unsaturated/α-hetero) is 1. The zero-order chi connectivity index (χ0) is 28.6. The van der Waals surface area contributed by atoms with Crippen molar-refractivity contribution in [2.45, 2.75) is 71.8 Å². The highest BCUT2D eigenvalue weighted by Crippen LogP contribution is 2.43. The van der Waals surface area contributed by atoms with Gasteiger partial charge in [0, 0.05) is 16.8 Å². The molecule has 204 valence electrons. The van der Waals surface area contributed by atoms with Crippen molar-refractivity contribution in [3.8, 4) is 5.75 Å². The van der Waals surface area contributed by atoms with E-state index in [4.69, 9.17) is 4.74 Å². The Bertz CT molecular complexity index is 1410. The topological polar surface area (TPSA) is 66.8 Å². The number of methoxy groups -OCH3 is 1.